The molecule has 1 heterocycles. The van der Waals surface area contributed by atoms with Crippen LogP contribution in [-0.4, -0.2) is 37.7 Å². The SMILES string of the molecule is C=C(O)[C@](C)(COC1CCCCO1)C[C@@H](CCc1ccc(-c2cc(C)ccc2C)cc1)NC. The van der Waals surface area contributed by atoms with E-state index in [1.165, 1.54) is 27.8 Å². The highest BCUT2D eigenvalue weighted by atomic mass is 16.7. The van der Waals surface area contributed by atoms with Crippen LogP contribution in [0.25, 0.3) is 11.1 Å². The molecule has 1 aliphatic heterocycles. The first-order chi connectivity index (χ1) is 15.8. The zero-order valence-electron chi connectivity index (χ0n) is 20.8. The number of benzene rings is 2. The van der Waals surface area contributed by atoms with Crippen LogP contribution in [0.1, 0.15) is 55.7 Å². The quantitative estimate of drug-likeness (QED) is 0.383. The molecule has 180 valence electrons. The molecule has 0 aromatic heterocycles. The van der Waals surface area contributed by atoms with E-state index in [1.807, 2.05) is 14.0 Å². The predicted octanol–water partition coefficient (Wildman–Crippen LogP) is 6.50. The Bertz CT molecular complexity index is 902. The molecule has 3 atom stereocenters. The maximum atomic E-state index is 10.4. The maximum absolute atomic E-state index is 10.4. The van der Waals surface area contributed by atoms with E-state index in [0.29, 0.717) is 6.61 Å². The van der Waals surface area contributed by atoms with Gasteiger partial charge in [-0.2, -0.15) is 0 Å². The molecule has 2 aromatic rings. The Morgan fingerprint density at radius 2 is 1.97 bits per heavy atom. The predicted molar refractivity (Wildman–Crippen MR) is 137 cm³/mol. The van der Waals surface area contributed by atoms with Gasteiger partial charge in [0, 0.05) is 18.1 Å². The first-order valence-electron chi connectivity index (χ1n) is 12.3. The average Bonchev–Trinajstić information content (AvgIpc) is 2.83. The molecule has 4 nitrogen and oxygen atoms in total. The number of hydrogen-bond donors (Lipinski definition) is 2. The molecule has 4 heteroatoms. The van der Waals surface area contributed by atoms with Crippen LogP contribution in [0.15, 0.2) is 54.8 Å². The molecule has 3 rings (SSSR count). The largest absolute Gasteiger partial charge is 0.512 e. The van der Waals surface area contributed by atoms with Gasteiger partial charge in [-0.1, -0.05) is 61.5 Å². The highest BCUT2D eigenvalue weighted by Gasteiger charge is 2.33. The molecule has 1 fully saturated rings. The van der Waals surface area contributed by atoms with Gasteiger partial charge in [0.15, 0.2) is 6.29 Å². The van der Waals surface area contributed by atoms with Crippen LogP contribution in [0.2, 0.25) is 0 Å². The average molecular weight is 452 g/mol. The smallest absolute Gasteiger partial charge is 0.157 e. The van der Waals surface area contributed by atoms with E-state index in [0.717, 1.165) is 45.1 Å². The molecule has 2 aromatic carbocycles. The normalized spacial score (nSPS) is 19.1. The minimum Gasteiger partial charge on any atom is -0.512 e. The first-order valence-corrected chi connectivity index (χ1v) is 12.3. The van der Waals surface area contributed by atoms with Gasteiger partial charge in [0.1, 0.15) is 0 Å². The van der Waals surface area contributed by atoms with Crippen molar-refractivity contribution in [1.82, 2.24) is 5.32 Å². The number of nitrogens with one attached hydrogen (secondary N) is 1. The van der Waals surface area contributed by atoms with Crippen molar-refractivity contribution in [3.05, 3.63) is 71.5 Å². The Kier molecular flexibility index (Phi) is 9.13. The van der Waals surface area contributed by atoms with Crippen molar-refractivity contribution < 1.29 is 14.6 Å². The molecule has 0 bridgehead atoms. The van der Waals surface area contributed by atoms with E-state index in [-0.39, 0.29) is 18.1 Å². The number of aliphatic hydroxyl groups is 1. The number of ether oxygens (including phenoxy) is 2. The van der Waals surface area contributed by atoms with Gasteiger partial charge in [0.05, 0.1) is 12.4 Å². The molecule has 1 aliphatic rings. The first kappa shape index (κ1) is 25.5. The van der Waals surface area contributed by atoms with Gasteiger partial charge in [-0.15, -0.1) is 0 Å². The molecule has 0 saturated carbocycles. The highest BCUT2D eigenvalue weighted by molar-refractivity contribution is 5.68. The lowest BCUT2D eigenvalue weighted by molar-refractivity contribution is -0.177. The van der Waals surface area contributed by atoms with Gasteiger partial charge in [-0.25, -0.2) is 0 Å². The van der Waals surface area contributed by atoms with E-state index in [4.69, 9.17) is 9.47 Å². The summed E-state index contributed by atoms with van der Waals surface area (Å²) in [6.07, 6.45) is 5.68. The van der Waals surface area contributed by atoms with E-state index in [2.05, 4.69) is 68.2 Å². The second-order valence-corrected chi connectivity index (χ2v) is 9.86. The fraction of sp³-hybridized carbons (Fsp3) is 0.517. The molecular weight excluding hydrogens is 410 g/mol. The molecule has 2 N–H and O–H groups in total. The Morgan fingerprint density at radius 3 is 2.61 bits per heavy atom. The minimum absolute atomic E-state index is 0.166. The number of hydrogen-bond acceptors (Lipinski definition) is 4. The minimum atomic E-state index is -0.513. The standard InChI is InChI=1S/C29H41NO3/c1-21-9-10-22(2)27(18-21)25-14-11-24(12-15-25)13-16-26(30-5)19-29(4,23(3)31)20-33-28-8-6-7-17-32-28/h9-12,14-15,18,26,28,30-31H,3,6-8,13,16-17,19-20H2,1-2,4-5H3/t26-,28?,29+/m1/s1. The summed E-state index contributed by atoms with van der Waals surface area (Å²) in [7, 11) is 1.99. The third-order valence-electron chi connectivity index (χ3n) is 6.97. The summed E-state index contributed by atoms with van der Waals surface area (Å²) in [4.78, 5) is 0. The summed E-state index contributed by atoms with van der Waals surface area (Å²) in [6, 6.07) is 15.8. The van der Waals surface area contributed by atoms with Crippen molar-refractivity contribution in [2.24, 2.45) is 5.41 Å². The van der Waals surface area contributed by atoms with Crippen molar-refractivity contribution in [3.63, 3.8) is 0 Å². The summed E-state index contributed by atoms with van der Waals surface area (Å²) in [5.41, 5.74) is 5.95. The summed E-state index contributed by atoms with van der Waals surface area (Å²) in [6.45, 7) is 11.3. The van der Waals surface area contributed by atoms with Crippen LogP contribution in [0.5, 0.6) is 0 Å². The van der Waals surface area contributed by atoms with Crippen molar-refractivity contribution in [2.75, 3.05) is 20.3 Å². The van der Waals surface area contributed by atoms with Crippen molar-refractivity contribution >= 4 is 0 Å². The lowest BCUT2D eigenvalue weighted by Crippen LogP contribution is -2.38. The molecule has 0 radical (unpaired) electrons. The Labute approximate surface area is 200 Å². The third kappa shape index (κ3) is 7.17. The second-order valence-electron chi connectivity index (χ2n) is 9.86. The van der Waals surface area contributed by atoms with Crippen LogP contribution in [0.3, 0.4) is 0 Å². The van der Waals surface area contributed by atoms with Crippen LogP contribution in [0, 0.1) is 19.3 Å². The fourth-order valence-corrected chi connectivity index (χ4v) is 4.51. The lowest BCUT2D eigenvalue weighted by Gasteiger charge is -2.34. The maximum Gasteiger partial charge on any atom is 0.157 e. The Morgan fingerprint density at radius 1 is 1.21 bits per heavy atom. The highest BCUT2D eigenvalue weighted by Crippen LogP contribution is 2.33. The molecular formula is C29H41NO3. The second kappa shape index (κ2) is 11.8. The molecule has 1 unspecified atom stereocenters. The van der Waals surface area contributed by atoms with Crippen LogP contribution in [-0.2, 0) is 15.9 Å². The Hall–Kier alpha value is -2.14. The van der Waals surface area contributed by atoms with Crippen molar-refractivity contribution in [3.8, 4) is 11.1 Å². The van der Waals surface area contributed by atoms with Gasteiger partial charge in [0.25, 0.3) is 0 Å². The van der Waals surface area contributed by atoms with Gasteiger partial charge < -0.3 is 19.9 Å². The molecule has 0 aliphatic carbocycles. The van der Waals surface area contributed by atoms with Crippen LogP contribution in [0.4, 0.5) is 0 Å². The van der Waals surface area contributed by atoms with E-state index < -0.39 is 5.41 Å². The fourth-order valence-electron chi connectivity index (χ4n) is 4.51. The summed E-state index contributed by atoms with van der Waals surface area (Å²) < 4.78 is 11.7. The molecule has 33 heavy (non-hydrogen) atoms. The molecule has 1 saturated heterocycles. The third-order valence-corrected chi connectivity index (χ3v) is 6.97. The van der Waals surface area contributed by atoms with Crippen molar-refractivity contribution in [2.45, 2.75) is 71.6 Å². The van der Waals surface area contributed by atoms with Gasteiger partial charge >= 0.3 is 0 Å². The van der Waals surface area contributed by atoms with Gasteiger partial charge in [-0.3, -0.25) is 0 Å². The van der Waals surface area contributed by atoms with Gasteiger partial charge in [0.2, 0.25) is 0 Å². The zero-order valence-corrected chi connectivity index (χ0v) is 20.8. The summed E-state index contributed by atoms with van der Waals surface area (Å²) in [5.74, 6) is 0.177. The van der Waals surface area contributed by atoms with E-state index in [1.54, 1.807) is 0 Å². The van der Waals surface area contributed by atoms with Crippen LogP contribution >= 0.6 is 0 Å². The topological polar surface area (TPSA) is 50.7 Å². The Balaban J connectivity index is 1.57. The lowest BCUT2D eigenvalue weighted by atomic mass is 9.81. The summed E-state index contributed by atoms with van der Waals surface area (Å²) >= 11 is 0. The number of rotatable bonds is 11. The number of aliphatic hydroxyl groups excluding tert-OH is 1. The molecule has 0 amide bonds. The monoisotopic (exact) mass is 451 g/mol. The number of aryl methyl sites for hydroxylation is 3. The van der Waals surface area contributed by atoms with Gasteiger partial charge in [-0.05, 0) is 81.7 Å². The van der Waals surface area contributed by atoms with E-state index in [9.17, 15) is 5.11 Å². The van der Waals surface area contributed by atoms with Crippen LogP contribution < -0.4 is 5.32 Å². The summed E-state index contributed by atoms with van der Waals surface area (Å²) in [5, 5.41) is 13.8. The van der Waals surface area contributed by atoms with E-state index >= 15 is 0 Å². The zero-order chi connectivity index (χ0) is 23.8. The van der Waals surface area contributed by atoms with Crippen molar-refractivity contribution in [1.29, 1.82) is 0 Å². The molecule has 0 spiro atoms.